The SMILES string of the molecule is [2H]C([2H])([2H])C1(C([2H])([2H])[2H])c2cc(C#Cc3ccc(C(=O)O)cn3)ccc2SCC1([2H])[2H]. The largest absolute Gasteiger partial charge is 0.478 e. The van der Waals surface area contributed by atoms with Crippen molar-refractivity contribution in [2.24, 2.45) is 0 Å². The summed E-state index contributed by atoms with van der Waals surface area (Å²) in [6.07, 6.45) is -1.37. The maximum absolute atomic E-state index is 10.9. The number of nitrogens with zero attached hydrogens (tertiary/aromatic N) is 1. The van der Waals surface area contributed by atoms with E-state index in [0.29, 0.717) is 10.5 Å². The van der Waals surface area contributed by atoms with Crippen LogP contribution in [0.25, 0.3) is 0 Å². The molecule has 0 radical (unpaired) electrons. The lowest BCUT2D eigenvalue weighted by molar-refractivity contribution is 0.0696. The van der Waals surface area contributed by atoms with Gasteiger partial charge in [-0.2, -0.15) is 0 Å². The third-order valence-electron chi connectivity index (χ3n) is 3.29. The van der Waals surface area contributed by atoms with Crippen LogP contribution in [0.2, 0.25) is 0 Å². The van der Waals surface area contributed by atoms with Crippen molar-refractivity contribution in [1.29, 1.82) is 0 Å². The Morgan fingerprint density at radius 2 is 2.26 bits per heavy atom. The highest BCUT2D eigenvalue weighted by molar-refractivity contribution is 7.99. The number of carbonyl (C=O) groups is 1. The van der Waals surface area contributed by atoms with Crippen molar-refractivity contribution in [2.45, 2.75) is 30.4 Å². The van der Waals surface area contributed by atoms with Crippen molar-refractivity contribution in [3.8, 4) is 11.8 Å². The molecule has 1 aromatic heterocycles. The summed E-state index contributed by atoms with van der Waals surface area (Å²) in [7, 11) is 0. The number of fused-ring (bicyclic) bond motifs is 1. The van der Waals surface area contributed by atoms with E-state index in [-0.39, 0.29) is 22.6 Å². The highest BCUT2D eigenvalue weighted by Crippen LogP contribution is 2.41. The van der Waals surface area contributed by atoms with Crippen molar-refractivity contribution >= 4 is 17.7 Å². The fourth-order valence-electron chi connectivity index (χ4n) is 2.07. The summed E-state index contributed by atoms with van der Waals surface area (Å²) in [5.41, 5.74) is -2.27. The number of thioether (sulfide) groups is 1. The number of carboxylic acids is 1. The zero-order valence-corrected chi connectivity index (χ0v) is 12.7. The molecule has 1 aliphatic heterocycles. The molecule has 0 fully saturated rings. The molecule has 0 saturated heterocycles. The quantitative estimate of drug-likeness (QED) is 0.804. The van der Waals surface area contributed by atoms with E-state index in [1.54, 1.807) is 12.1 Å². The molecule has 0 amide bonds. The van der Waals surface area contributed by atoms with Gasteiger partial charge in [-0.05, 0) is 59.4 Å². The van der Waals surface area contributed by atoms with Crippen molar-refractivity contribution < 1.29 is 20.9 Å². The molecule has 1 aromatic carbocycles. The smallest absolute Gasteiger partial charge is 0.337 e. The number of aromatic nitrogens is 1. The summed E-state index contributed by atoms with van der Waals surface area (Å²) in [4.78, 5) is 15.2. The molecule has 3 rings (SSSR count). The van der Waals surface area contributed by atoms with Crippen LogP contribution in [-0.2, 0) is 5.41 Å². The molecule has 0 atom stereocenters. The van der Waals surface area contributed by atoms with Gasteiger partial charge < -0.3 is 5.11 Å². The van der Waals surface area contributed by atoms with E-state index in [0.717, 1.165) is 18.0 Å². The molecule has 1 aliphatic rings. The number of aromatic carboxylic acids is 1. The molecule has 2 aromatic rings. The Bertz CT molecular complexity index is 1070. The van der Waals surface area contributed by atoms with Crippen LogP contribution in [0.1, 0.15) is 58.2 Å². The van der Waals surface area contributed by atoms with Gasteiger partial charge in [0, 0.05) is 27.6 Å². The Hall–Kier alpha value is -2.25. The second kappa shape index (κ2) is 6.10. The third-order valence-corrected chi connectivity index (χ3v) is 4.25. The second-order valence-electron chi connectivity index (χ2n) is 4.91. The van der Waals surface area contributed by atoms with Crippen LogP contribution in [0, 0.1) is 11.8 Å². The monoisotopic (exact) mass is 331 g/mol. The maximum Gasteiger partial charge on any atom is 0.337 e. The highest BCUT2D eigenvalue weighted by Gasteiger charge is 2.27. The summed E-state index contributed by atoms with van der Waals surface area (Å²) in [5.74, 6) is 4.06. The van der Waals surface area contributed by atoms with E-state index in [2.05, 4.69) is 16.8 Å². The Morgan fingerprint density at radius 1 is 1.39 bits per heavy atom. The van der Waals surface area contributed by atoms with Crippen molar-refractivity contribution in [3.63, 3.8) is 0 Å². The van der Waals surface area contributed by atoms with Gasteiger partial charge in [-0.15, -0.1) is 11.8 Å². The first-order valence-electron chi connectivity index (χ1n) is 10.7. The average molecular weight is 331 g/mol. The first kappa shape index (κ1) is 8.56. The maximum atomic E-state index is 10.9. The second-order valence-corrected chi connectivity index (χ2v) is 5.93. The van der Waals surface area contributed by atoms with Gasteiger partial charge >= 0.3 is 5.97 Å². The first-order chi connectivity index (χ1) is 14.2. The molecule has 0 aliphatic carbocycles. The van der Waals surface area contributed by atoms with Crippen LogP contribution in [0.5, 0.6) is 0 Å². The minimum absolute atomic E-state index is 0.00118. The lowest BCUT2D eigenvalue weighted by Gasteiger charge is -2.32. The van der Waals surface area contributed by atoms with Crippen LogP contribution < -0.4 is 0 Å². The van der Waals surface area contributed by atoms with Gasteiger partial charge in [0.2, 0.25) is 0 Å². The van der Waals surface area contributed by atoms with Gasteiger partial charge in [0.05, 0.1) is 5.56 Å². The van der Waals surface area contributed by atoms with Gasteiger partial charge in [0.15, 0.2) is 0 Å². The summed E-state index contributed by atoms with van der Waals surface area (Å²) >= 11 is 1.07. The molecule has 2 heterocycles. The van der Waals surface area contributed by atoms with Crippen LogP contribution in [0.4, 0.5) is 0 Å². The molecule has 3 nitrogen and oxygen atoms in total. The van der Waals surface area contributed by atoms with Crippen molar-refractivity contribution in [1.82, 2.24) is 4.98 Å². The number of hydrogen-bond acceptors (Lipinski definition) is 3. The number of pyridine rings is 1. The van der Waals surface area contributed by atoms with Crippen LogP contribution >= 0.6 is 11.8 Å². The topological polar surface area (TPSA) is 50.2 Å². The first-order valence-corrected chi connectivity index (χ1v) is 7.68. The lowest BCUT2D eigenvalue weighted by Crippen LogP contribution is -2.22. The molecular weight excluding hydrogens is 306 g/mol. The molecular formula is C19H17NO2S. The van der Waals surface area contributed by atoms with E-state index in [1.165, 1.54) is 18.2 Å². The Morgan fingerprint density at radius 3 is 2.96 bits per heavy atom. The third kappa shape index (κ3) is 3.40. The highest BCUT2D eigenvalue weighted by atomic mass is 32.2. The number of rotatable bonds is 1. The standard InChI is InChI=1S/C19H17NO2S/c1-19(2)9-10-23-17-8-4-13(11-16(17)19)3-6-15-7-5-14(12-20-15)18(21)22/h4-5,7-8,11-12H,9-10H2,1-2H3,(H,21,22)/i1D3,2D3,9D2. The summed E-state index contributed by atoms with van der Waals surface area (Å²) in [6.45, 7) is -6.28. The van der Waals surface area contributed by atoms with E-state index < -0.39 is 31.5 Å². The average Bonchev–Trinajstić information content (AvgIpc) is 2.63. The minimum atomic E-state index is -3.14. The Balaban J connectivity index is 2.15. The van der Waals surface area contributed by atoms with Gasteiger partial charge in [0.25, 0.3) is 0 Å². The van der Waals surface area contributed by atoms with Crippen LogP contribution in [-0.4, -0.2) is 21.8 Å². The number of hydrogen-bond donors (Lipinski definition) is 1. The summed E-state index contributed by atoms with van der Waals surface area (Å²) in [5, 5.41) is 8.92. The molecule has 116 valence electrons. The van der Waals surface area contributed by atoms with Gasteiger partial charge in [-0.25, -0.2) is 9.78 Å². The predicted octanol–water partition coefficient (Wildman–Crippen LogP) is 3.95. The Labute approximate surface area is 151 Å². The van der Waals surface area contributed by atoms with E-state index >= 15 is 0 Å². The lowest BCUT2D eigenvalue weighted by atomic mass is 9.81. The normalized spacial score (nSPS) is 23.7. The molecule has 0 saturated carbocycles. The van der Waals surface area contributed by atoms with Gasteiger partial charge in [-0.3, -0.25) is 0 Å². The zero-order chi connectivity index (χ0) is 23.2. The molecule has 0 bridgehead atoms. The molecule has 23 heavy (non-hydrogen) atoms. The van der Waals surface area contributed by atoms with E-state index in [1.807, 2.05) is 0 Å². The minimum Gasteiger partial charge on any atom is -0.478 e. The van der Waals surface area contributed by atoms with Crippen molar-refractivity contribution in [3.05, 3.63) is 58.9 Å². The van der Waals surface area contributed by atoms with Crippen LogP contribution in [0.15, 0.2) is 41.4 Å². The summed E-state index contributed by atoms with van der Waals surface area (Å²) < 4.78 is 64.8. The summed E-state index contributed by atoms with van der Waals surface area (Å²) in [6, 6.07) is 7.21. The fourth-order valence-corrected chi connectivity index (χ4v) is 3.05. The fraction of sp³-hybridized carbons (Fsp3) is 0.263. The van der Waals surface area contributed by atoms with E-state index in [4.69, 9.17) is 16.1 Å². The van der Waals surface area contributed by atoms with Crippen molar-refractivity contribution in [2.75, 3.05) is 5.75 Å². The molecule has 1 N–H and O–H groups in total. The number of benzene rings is 1. The van der Waals surface area contributed by atoms with Crippen LogP contribution in [0.3, 0.4) is 0 Å². The molecule has 0 unspecified atom stereocenters. The number of carboxylic acid groups (broad SMARTS) is 1. The molecule has 0 spiro atoms. The zero-order valence-electron chi connectivity index (χ0n) is 19.9. The van der Waals surface area contributed by atoms with E-state index in [9.17, 15) is 4.79 Å². The predicted molar refractivity (Wildman–Crippen MR) is 92.0 cm³/mol. The Kier molecular flexibility index (Phi) is 2.27. The van der Waals surface area contributed by atoms with Gasteiger partial charge in [-0.1, -0.05) is 19.6 Å². The van der Waals surface area contributed by atoms with Gasteiger partial charge in [0.1, 0.15) is 5.69 Å². The molecule has 4 heteroatoms.